The Hall–Kier alpha value is -1.83. The van der Waals surface area contributed by atoms with E-state index in [0.29, 0.717) is 30.2 Å². The molecule has 0 bridgehead atoms. The van der Waals surface area contributed by atoms with Gasteiger partial charge < -0.3 is 25.4 Å². The normalized spacial score (nSPS) is 20.1. The minimum absolute atomic E-state index is 0.142. The molecule has 1 saturated heterocycles. The van der Waals surface area contributed by atoms with Gasteiger partial charge in [0.05, 0.1) is 12.1 Å². The maximum Gasteiger partial charge on any atom is 0.407 e. The number of halogens is 1. The first-order valence-corrected chi connectivity index (χ1v) is 8.96. The summed E-state index contributed by atoms with van der Waals surface area (Å²) in [4.78, 5) is 25.6. The fourth-order valence-electron chi connectivity index (χ4n) is 2.66. The maximum absolute atomic E-state index is 12.5. The number of aliphatic hydroxyl groups is 1. The molecule has 26 heavy (non-hydrogen) atoms. The standard InChI is InChI=1S/C18H26ClN3O4/c1-18(2,3)26-17(25)21-9-8-20-14-10-22(11-15(14)23)16(24)12-4-6-13(19)7-5-12/h4-7,14-15,20,23H,8-11H2,1-3H3,(H,21,25). The molecule has 7 nitrogen and oxygen atoms in total. The summed E-state index contributed by atoms with van der Waals surface area (Å²) in [6.45, 7) is 6.88. The van der Waals surface area contributed by atoms with Crippen molar-refractivity contribution in [3.05, 3.63) is 34.9 Å². The lowest BCUT2D eigenvalue weighted by molar-refractivity contribution is 0.0527. The van der Waals surface area contributed by atoms with Crippen LogP contribution in [-0.2, 0) is 4.74 Å². The number of carbonyl (C=O) groups excluding carboxylic acids is 2. The SMILES string of the molecule is CC(C)(C)OC(=O)NCCNC1CN(C(=O)c2ccc(Cl)cc2)CC1O. The number of carbonyl (C=O) groups is 2. The third kappa shape index (κ3) is 6.16. The van der Waals surface area contributed by atoms with E-state index in [9.17, 15) is 14.7 Å². The van der Waals surface area contributed by atoms with Gasteiger partial charge in [0.2, 0.25) is 0 Å². The van der Waals surface area contributed by atoms with Gasteiger partial charge in [-0.25, -0.2) is 4.79 Å². The Morgan fingerprint density at radius 2 is 1.88 bits per heavy atom. The number of benzene rings is 1. The van der Waals surface area contributed by atoms with Crippen LogP contribution < -0.4 is 10.6 Å². The summed E-state index contributed by atoms with van der Waals surface area (Å²) in [5.41, 5.74) is -0.00403. The highest BCUT2D eigenvalue weighted by Gasteiger charge is 2.33. The number of alkyl carbamates (subject to hydrolysis) is 1. The summed E-state index contributed by atoms with van der Waals surface area (Å²) in [7, 11) is 0. The second kappa shape index (κ2) is 8.70. The molecule has 8 heteroatoms. The molecule has 2 atom stereocenters. The molecule has 2 unspecified atom stereocenters. The second-order valence-corrected chi connectivity index (χ2v) is 7.71. The summed E-state index contributed by atoms with van der Waals surface area (Å²) < 4.78 is 5.15. The van der Waals surface area contributed by atoms with Crippen molar-refractivity contribution >= 4 is 23.6 Å². The first-order valence-electron chi connectivity index (χ1n) is 8.59. The minimum atomic E-state index is -0.659. The molecule has 0 aromatic heterocycles. The molecule has 1 aliphatic heterocycles. The fraction of sp³-hybridized carbons (Fsp3) is 0.556. The predicted octanol–water partition coefficient (Wildman–Crippen LogP) is 1.64. The quantitative estimate of drug-likeness (QED) is 0.672. The monoisotopic (exact) mass is 383 g/mol. The second-order valence-electron chi connectivity index (χ2n) is 7.27. The van der Waals surface area contributed by atoms with Crippen molar-refractivity contribution in [1.82, 2.24) is 15.5 Å². The van der Waals surface area contributed by atoms with Crippen LogP contribution in [0.1, 0.15) is 31.1 Å². The molecule has 3 N–H and O–H groups in total. The van der Waals surface area contributed by atoms with E-state index in [1.807, 2.05) is 0 Å². The first-order chi connectivity index (χ1) is 12.2. The Bertz CT molecular complexity index is 630. The molecular weight excluding hydrogens is 358 g/mol. The summed E-state index contributed by atoms with van der Waals surface area (Å²) in [6.07, 6.45) is -1.14. The van der Waals surface area contributed by atoms with Crippen LogP contribution in [0.4, 0.5) is 4.79 Å². The molecule has 2 amide bonds. The summed E-state index contributed by atoms with van der Waals surface area (Å²) in [6, 6.07) is 6.43. The van der Waals surface area contributed by atoms with E-state index < -0.39 is 17.8 Å². The number of hydrogen-bond acceptors (Lipinski definition) is 5. The van der Waals surface area contributed by atoms with Crippen molar-refractivity contribution < 1.29 is 19.4 Å². The van der Waals surface area contributed by atoms with Crippen molar-refractivity contribution in [2.45, 2.75) is 38.5 Å². The molecule has 1 aromatic carbocycles. The highest BCUT2D eigenvalue weighted by molar-refractivity contribution is 6.30. The Morgan fingerprint density at radius 3 is 2.50 bits per heavy atom. The van der Waals surface area contributed by atoms with Crippen LogP contribution in [0.5, 0.6) is 0 Å². The average molecular weight is 384 g/mol. The zero-order valence-electron chi connectivity index (χ0n) is 15.3. The van der Waals surface area contributed by atoms with E-state index in [-0.39, 0.29) is 18.5 Å². The van der Waals surface area contributed by atoms with Crippen LogP contribution in [0.2, 0.25) is 5.02 Å². The van der Waals surface area contributed by atoms with Crippen LogP contribution in [0, 0.1) is 0 Å². The summed E-state index contributed by atoms with van der Waals surface area (Å²) in [5.74, 6) is -0.142. The lowest BCUT2D eigenvalue weighted by Gasteiger charge is -2.20. The van der Waals surface area contributed by atoms with Gasteiger partial charge in [-0.05, 0) is 45.0 Å². The lowest BCUT2D eigenvalue weighted by Crippen LogP contribution is -2.44. The van der Waals surface area contributed by atoms with Crippen LogP contribution >= 0.6 is 11.6 Å². The van der Waals surface area contributed by atoms with Crippen LogP contribution in [0.15, 0.2) is 24.3 Å². The number of nitrogens with zero attached hydrogens (tertiary/aromatic N) is 1. The molecule has 0 radical (unpaired) electrons. The van der Waals surface area contributed by atoms with Crippen molar-refractivity contribution in [1.29, 1.82) is 0 Å². The number of ether oxygens (including phenoxy) is 1. The molecule has 1 aromatic rings. The summed E-state index contributed by atoms with van der Waals surface area (Å²) in [5, 5.41) is 16.5. The minimum Gasteiger partial charge on any atom is -0.444 e. The van der Waals surface area contributed by atoms with Gasteiger partial charge in [-0.2, -0.15) is 0 Å². The molecule has 0 spiro atoms. The van der Waals surface area contributed by atoms with Crippen molar-refractivity contribution in [2.24, 2.45) is 0 Å². The number of hydrogen-bond donors (Lipinski definition) is 3. The smallest absolute Gasteiger partial charge is 0.407 e. The zero-order chi connectivity index (χ0) is 19.3. The molecule has 1 heterocycles. The molecule has 0 saturated carbocycles. The molecule has 144 valence electrons. The van der Waals surface area contributed by atoms with Crippen molar-refractivity contribution in [2.75, 3.05) is 26.2 Å². The largest absolute Gasteiger partial charge is 0.444 e. The lowest BCUT2D eigenvalue weighted by atomic mass is 10.2. The Morgan fingerprint density at radius 1 is 1.23 bits per heavy atom. The number of aliphatic hydroxyl groups excluding tert-OH is 1. The van der Waals surface area contributed by atoms with Crippen LogP contribution in [0.3, 0.4) is 0 Å². The van der Waals surface area contributed by atoms with Gasteiger partial charge in [0.15, 0.2) is 0 Å². The Balaban J connectivity index is 1.75. The van der Waals surface area contributed by atoms with E-state index >= 15 is 0 Å². The number of likely N-dealkylation sites (tertiary alicyclic amines) is 1. The zero-order valence-corrected chi connectivity index (χ0v) is 16.0. The highest BCUT2D eigenvalue weighted by atomic mass is 35.5. The molecule has 1 fully saturated rings. The van der Waals surface area contributed by atoms with Crippen LogP contribution in [-0.4, -0.2) is 65.9 Å². The Labute approximate surface area is 158 Å². The number of β-amino-alcohol motifs (C(OH)–C–C–N with tert-alkyl or cyclic N) is 1. The van der Waals surface area contributed by atoms with Gasteiger partial charge in [-0.15, -0.1) is 0 Å². The molecule has 2 rings (SSSR count). The van der Waals surface area contributed by atoms with E-state index in [0.717, 1.165) is 0 Å². The molecule has 1 aliphatic rings. The van der Waals surface area contributed by atoms with E-state index in [1.54, 1.807) is 49.9 Å². The van der Waals surface area contributed by atoms with Gasteiger partial charge in [-0.1, -0.05) is 11.6 Å². The summed E-state index contributed by atoms with van der Waals surface area (Å²) >= 11 is 5.84. The first kappa shape index (κ1) is 20.5. The maximum atomic E-state index is 12.5. The van der Waals surface area contributed by atoms with Gasteiger partial charge in [0.25, 0.3) is 5.91 Å². The molecular formula is C18H26ClN3O4. The van der Waals surface area contributed by atoms with Gasteiger partial charge in [0.1, 0.15) is 5.60 Å². The van der Waals surface area contributed by atoms with Gasteiger partial charge in [-0.3, -0.25) is 4.79 Å². The van der Waals surface area contributed by atoms with Crippen molar-refractivity contribution in [3.63, 3.8) is 0 Å². The van der Waals surface area contributed by atoms with E-state index in [1.165, 1.54) is 0 Å². The van der Waals surface area contributed by atoms with Gasteiger partial charge in [0, 0.05) is 36.8 Å². The number of nitrogens with one attached hydrogen (secondary N) is 2. The number of rotatable bonds is 5. The predicted molar refractivity (Wildman–Crippen MR) is 99.4 cm³/mol. The Kier molecular flexibility index (Phi) is 6.86. The van der Waals surface area contributed by atoms with Crippen molar-refractivity contribution in [3.8, 4) is 0 Å². The third-order valence-corrected chi connectivity index (χ3v) is 4.12. The van der Waals surface area contributed by atoms with Crippen LogP contribution in [0.25, 0.3) is 0 Å². The van der Waals surface area contributed by atoms with Gasteiger partial charge >= 0.3 is 6.09 Å². The van der Waals surface area contributed by atoms with E-state index in [2.05, 4.69) is 10.6 Å². The topological polar surface area (TPSA) is 90.9 Å². The fourth-order valence-corrected chi connectivity index (χ4v) is 2.79. The average Bonchev–Trinajstić information content (AvgIpc) is 2.91. The molecule has 0 aliphatic carbocycles. The van der Waals surface area contributed by atoms with E-state index in [4.69, 9.17) is 16.3 Å². The number of amides is 2. The third-order valence-electron chi connectivity index (χ3n) is 3.87. The highest BCUT2D eigenvalue weighted by Crippen LogP contribution is 2.16.